The van der Waals surface area contributed by atoms with Crippen molar-refractivity contribution < 1.29 is 9.53 Å². The Morgan fingerprint density at radius 3 is 2.50 bits per heavy atom. The molecular weight excluding hydrogens is 298 g/mol. The van der Waals surface area contributed by atoms with E-state index < -0.39 is 0 Å². The summed E-state index contributed by atoms with van der Waals surface area (Å²) in [6, 6.07) is 18.1. The van der Waals surface area contributed by atoms with Gasteiger partial charge < -0.3 is 10.1 Å². The molecule has 3 aromatic carbocycles. The zero-order valence-electron chi connectivity index (χ0n) is 13.6. The van der Waals surface area contributed by atoms with E-state index in [4.69, 9.17) is 4.74 Å². The molecule has 0 unspecified atom stereocenters. The SMILES string of the molecule is COc1ccc(CC(=O)Nc2ccc3c4c(cccc24)CC3)cc1. The first kappa shape index (κ1) is 14.8. The van der Waals surface area contributed by atoms with Crippen LogP contribution in [0.15, 0.2) is 54.6 Å². The largest absolute Gasteiger partial charge is 0.497 e. The van der Waals surface area contributed by atoms with Crippen LogP contribution < -0.4 is 10.1 Å². The molecule has 4 rings (SSSR count). The van der Waals surface area contributed by atoms with E-state index in [9.17, 15) is 4.79 Å². The number of ether oxygens (including phenoxy) is 1. The first-order valence-corrected chi connectivity index (χ1v) is 8.21. The number of amides is 1. The van der Waals surface area contributed by atoms with Crippen LogP contribution in [-0.4, -0.2) is 13.0 Å². The van der Waals surface area contributed by atoms with E-state index in [2.05, 4.69) is 29.6 Å². The Kier molecular flexibility index (Phi) is 3.69. The Morgan fingerprint density at radius 1 is 1.00 bits per heavy atom. The summed E-state index contributed by atoms with van der Waals surface area (Å²) in [6.45, 7) is 0. The van der Waals surface area contributed by atoms with Gasteiger partial charge in [-0.3, -0.25) is 4.79 Å². The van der Waals surface area contributed by atoms with Crippen LogP contribution in [0.25, 0.3) is 10.8 Å². The summed E-state index contributed by atoms with van der Waals surface area (Å²) in [4.78, 5) is 12.4. The van der Waals surface area contributed by atoms with Crippen LogP contribution in [0.1, 0.15) is 16.7 Å². The fourth-order valence-corrected chi connectivity index (χ4v) is 3.48. The number of rotatable bonds is 4. The molecule has 1 aliphatic carbocycles. The molecule has 0 aromatic heterocycles. The molecule has 0 heterocycles. The summed E-state index contributed by atoms with van der Waals surface area (Å²) in [5, 5.41) is 5.54. The molecule has 3 aromatic rings. The maximum atomic E-state index is 12.4. The number of nitrogens with one attached hydrogen (secondary N) is 1. The number of carbonyl (C=O) groups is 1. The van der Waals surface area contributed by atoms with Gasteiger partial charge in [0.05, 0.1) is 13.5 Å². The first-order valence-electron chi connectivity index (χ1n) is 8.21. The third-order valence-electron chi connectivity index (χ3n) is 4.67. The third kappa shape index (κ3) is 2.62. The summed E-state index contributed by atoms with van der Waals surface area (Å²) < 4.78 is 5.15. The van der Waals surface area contributed by atoms with Crippen molar-refractivity contribution in [1.29, 1.82) is 0 Å². The van der Waals surface area contributed by atoms with E-state index in [0.29, 0.717) is 6.42 Å². The van der Waals surface area contributed by atoms with E-state index in [0.717, 1.165) is 35.2 Å². The van der Waals surface area contributed by atoms with Crippen molar-refractivity contribution in [2.24, 2.45) is 0 Å². The van der Waals surface area contributed by atoms with Gasteiger partial charge in [-0.2, -0.15) is 0 Å². The van der Waals surface area contributed by atoms with Gasteiger partial charge in [0, 0.05) is 11.1 Å². The zero-order valence-corrected chi connectivity index (χ0v) is 13.6. The average molecular weight is 317 g/mol. The number of anilines is 1. The Balaban J connectivity index is 1.57. The predicted octanol–water partition coefficient (Wildman–Crippen LogP) is 4.13. The van der Waals surface area contributed by atoms with E-state index in [1.54, 1.807) is 7.11 Å². The van der Waals surface area contributed by atoms with Gasteiger partial charge in [0.15, 0.2) is 0 Å². The lowest BCUT2D eigenvalue weighted by molar-refractivity contribution is -0.115. The highest BCUT2D eigenvalue weighted by molar-refractivity contribution is 6.05. The van der Waals surface area contributed by atoms with Gasteiger partial charge in [-0.05, 0) is 53.1 Å². The maximum Gasteiger partial charge on any atom is 0.228 e. The predicted molar refractivity (Wildman–Crippen MR) is 96.7 cm³/mol. The Labute approximate surface area is 141 Å². The van der Waals surface area contributed by atoms with Gasteiger partial charge in [0.2, 0.25) is 5.91 Å². The minimum Gasteiger partial charge on any atom is -0.497 e. The van der Waals surface area contributed by atoms with Crippen molar-refractivity contribution in [2.75, 3.05) is 12.4 Å². The summed E-state index contributed by atoms with van der Waals surface area (Å²) in [5.41, 5.74) is 4.64. The number of carbonyl (C=O) groups excluding carboxylic acids is 1. The molecule has 0 radical (unpaired) electrons. The maximum absolute atomic E-state index is 12.4. The molecule has 3 nitrogen and oxygen atoms in total. The van der Waals surface area contributed by atoms with E-state index in [-0.39, 0.29) is 5.91 Å². The molecule has 120 valence electrons. The molecule has 3 heteroatoms. The van der Waals surface area contributed by atoms with Crippen LogP contribution in [0.3, 0.4) is 0 Å². The molecule has 0 spiro atoms. The molecule has 0 saturated carbocycles. The number of hydrogen-bond donors (Lipinski definition) is 1. The van der Waals surface area contributed by atoms with Crippen LogP contribution in [-0.2, 0) is 24.1 Å². The molecule has 1 N–H and O–H groups in total. The fourth-order valence-electron chi connectivity index (χ4n) is 3.48. The summed E-state index contributed by atoms with van der Waals surface area (Å²) in [7, 11) is 1.64. The van der Waals surface area contributed by atoms with Crippen molar-refractivity contribution in [2.45, 2.75) is 19.3 Å². The van der Waals surface area contributed by atoms with Gasteiger partial charge in [0.1, 0.15) is 5.75 Å². The van der Waals surface area contributed by atoms with Gasteiger partial charge in [-0.15, -0.1) is 0 Å². The topological polar surface area (TPSA) is 38.3 Å². The van der Waals surface area contributed by atoms with E-state index >= 15 is 0 Å². The van der Waals surface area contributed by atoms with Gasteiger partial charge >= 0.3 is 0 Å². The third-order valence-corrected chi connectivity index (χ3v) is 4.67. The lowest BCUT2D eigenvalue weighted by Crippen LogP contribution is -2.14. The van der Waals surface area contributed by atoms with E-state index in [1.165, 1.54) is 16.5 Å². The quantitative estimate of drug-likeness (QED) is 0.786. The van der Waals surface area contributed by atoms with Crippen molar-refractivity contribution in [3.8, 4) is 5.75 Å². The lowest BCUT2D eigenvalue weighted by Gasteiger charge is -2.11. The molecule has 0 fully saturated rings. The number of benzene rings is 3. The van der Waals surface area contributed by atoms with Crippen molar-refractivity contribution in [3.63, 3.8) is 0 Å². The number of methoxy groups -OCH3 is 1. The highest BCUT2D eigenvalue weighted by Gasteiger charge is 2.16. The minimum absolute atomic E-state index is 0.00105. The first-order chi connectivity index (χ1) is 11.7. The molecule has 1 amide bonds. The standard InChI is InChI=1S/C21H19NO2/c1-24-17-10-5-14(6-11-17)13-20(23)22-19-12-9-16-8-7-15-3-2-4-18(19)21(15)16/h2-6,9-12H,7-8,13H2,1H3,(H,22,23). The van der Waals surface area contributed by atoms with Crippen LogP contribution in [0.4, 0.5) is 5.69 Å². The summed E-state index contributed by atoms with van der Waals surface area (Å²) in [5.74, 6) is 0.797. The minimum atomic E-state index is -0.00105. The van der Waals surface area contributed by atoms with Gasteiger partial charge in [-0.1, -0.05) is 36.4 Å². The van der Waals surface area contributed by atoms with Gasteiger partial charge in [0.25, 0.3) is 0 Å². The monoisotopic (exact) mass is 317 g/mol. The highest BCUT2D eigenvalue weighted by Crippen LogP contribution is 2.35. The Morgan fingerprint density at radius 2 is 1.75 bits per heavy atom. The molecule has 1 aliphatic rings. The normalized spacial score (nSPS) is 12.4. The Hall–Kier alpha value is -2.81. The van der Waals surface area contributed by atoms with Crippen LogP contribution in [0.5, 0.6) is 5.75 Å². The lowest BCUT2D eigenvalue weighted by atomic mass is 10.0. The second-order valence-electron chi connectivity index (χ2n) is 6.18. The average Bonchev–Trinajstić information content (AvgIpc) is 3.03. The number of aryl methyl sites for hydroxylation is 2. The molecule has 0 saturated heterocycles. The second-order valence-corrected chi connectivity index (χ2v) is 6.18. The second kappa shape index (κ2) is 6.00. The van der Waals surface area contributed by atoms with E-state index in [1.807, 2.05) is 30.3 Å². The van der Waals surface area contributed by atoms with Crippen molar-refractivity contribution in [3.05, 3.63) is 71.3 Å². The molecular formula is C21H19NO2. The highest BCUT2D eigenvalue weighted by atomic mass is 16.5. The fraction of sp³-hybridized carbons (Fsp3) is 0.190. The smallest absolute Gasteiger partial charge is 0.228 e. The summed E-state index contributed by atoms with van der Waals surface area (Å²) in [6.07, 6.45) is 2.54. The molecule has 24 heavy (non-hydrogen) atoms. The Bertz CT molecular complexity index is 903. The van der Waals surface area contributed by atoms with Crippen molar-refractivity contribution >= 4 is 22.4 Å². The van der Waals surface area contributed by atoms with Gasteiger partial charge in [-0.25, -0.2) is 0 Å². The van der Waals surface area contributed by atoms with Crippen LogP contribution >= 0.6 is 0 Å². The van der Waals surface area contributed by atoms with Crippen molar-refractivity contribution in [1.82, 2.24) is 0 Å². The summed E-state index contributed by atoms with van der Waals surface area (Å²) >= 11 is 0. The van der Waals surface area contributed by atoms with Crippen LogP contribution in [0, 0.1) is 0 Å². The molecule has 0 atom stereocenters. The molecule has 0 aliphatic heterocycles. The molecule has 0 bridgehead atoms. The zero-order chi connectivity index (χ0) is 16.5. The van der Waals surface area contributed by atoms with Crippen LogP contribution in [0.2, 0.25) is 0 Å². The number of hydrogen-bond acceptors (Lipinski definition) is 2.